The quantitative estimate of drug-likeness (QED) is 0.856. The highest BCUT2D eigenvalue weighted by atomic mass is 19.1. The molecule has 2 rings (SSSR count). The second-order valence-electron chi connectivity index (χ2n) is 5.11. The maximum absolute atomic E-state index is 13.5. The molecule has 0 spiro atoms. The number of nitrogens with one attached hydrogen (secondary N) is 1. The summed E-state index contributed by atoms with van der Waals surface area (Å²) < 4.78 is 19.1. The molecule has 1 N–H and O–H groups in total. The molecule has 112 valence electrons. The zero-order chi connectivity index (χ0) is 15.2. The van der Waals surface area contributed by atoms with Crippen LogP contribution in [0.2, 0.25) is 0 Å². The highest BCUT2D eigenvalue weighted by Crippen LogP contribution is 2.23. The molecule has 0 bridgehead atoms. The van der Waals surface area contributed by atoms with Gasteiger partial charge in [0.1, 0.15) is 17.3 Å². The third-order valence-electron chi connectivity index (χ3n) is 3.28. The molecule has 0 saturated heterocycles. The van der Waals surface area contributed by atoms with Crippen LogP contribution in [0.1, 0.15) is 37.6 Å². The summed E-state index contributed by atoms with van der Waals surface area (Å²) >= 11 is 0. The number of benzene rings is 1. The minimum atomic E-state index is -0.269. The van der Waals surface area contributed by atoms with Gasteiger partial charge in [-0.25, -0.2) is 4.39 Å². The fraction of sp³-hybridized carbons (Fsp3) is 0.353. The lowest BCUT2D eigenvalue weighted by Crippen LogP contribution is -2.20. The Morgan fingerprint density at radius 2 is 2.00 bits per heavy atom. The van der Waals surface area contributed by atoms with E-state index in [1.807, 2.05) is 12.1 Å². The van der Waals surface area contributed by atoms with Gasteiger partial charge in [0.05, 0.1) is 11.9 Å². The minimum absolute atomic E-state index is 0.204. The van der Waals surface area contributed by atoms with Crippen LogP contribution in [-0.2, 0) is 0 Å². The molecule has 1 unspecified atom stereocenters. The van der Waals surface area contributed by atoms with Gasteiger partial charge in [0, 0.05) is 12.1 Å². The van der Waals surface area contributed by atoms with E-state index in [1.54, 1.807) is 25.3 Å². The Balaban J connectivity index is 2.03. The van der Waals surface area contributed by atoms with E-state index >= 15 is 0 Å². The van der Waals surface area contributed by atoms with Gasteiger partial charge >= 0.3 is 0 Å². The van der Waals surface area contributed by atoms with E-state index in [4.69, 9.17) is 4.74 Å². The van der Waals surface area contributed by atoms with Crippen LogP contribution in [0.25, 0.3) is 0 Å². The number of aryl methyl sites for hydroxylation is 1. The maximum atomic E-state index is 13.5. The van der Waals surface area contributed by atoms with Gasteiger partial charge in [-0.2, -0.15) is 0 Å². The van der Waals surface area contributed by atoms with Crippen LogP contribution < -0.4 is 10.1 Å². The molecule has 1 aromatic heterocycles. The lowest BCUT2D eigenvalue weighted by Gasteiger charge is -2.13. The second-order valence-corrected chi connectivity index (χ2v) is 5.11. The van der Waals surface area contributed by atoms with Crippen LogP contribution in [0.5, 0.6) is 11.5 Å². The van der Waals surface area contributed by atoms with E-state index in [0.29, 0.717) is 17.1 Å². The van der Waals surface area contributed by atoms with Crippen LogP contribution in [0, 0.1) is 12.7 Å². The Bertz CT molecular complexity index is 584. The maximum Gasteiger partial charge on any atom is 0.145 e. The molecule has 1 atom stereocenters. The minimum Gasteiger partial charge on any atom is -0.456 e. The third kappa shape index (κ3) is 4.26. The van der Waals surface area contributed by atoms with Gasteiger partial charge in [0.15, 0.2) is 0 Å². The van der Waals surface area contributed by atoms with E-state index in [9.17, 15) is 4.39 Å². The summed E-state index contributed by atoms with van der Waals surface area (Å²) in [7, 11) is 0. The second kappa shape index (κ2) is 7.18. The van der Waals surface area contributed by atoms with Gasteiger partial charge in [-0.15, -0.1) is 0 Å². The molecule has 2 aromatic rings. The summed E-state index contributed by atoms with van der Waals surface area (Å²) in [6, 6.07) is 8.81. The first kappa shape index (κ1) is 15.4. The van der Waals surface area contributed by atoms with Crippen molar-refractivity contribution in [2.45, 2.75) is 33.2 Å². The van der Waals surface area contributed by atoms with Crippen molar-refractivity contribution in [3.05, 3.63) is 53.6 Å². The number of aromatic nitrogens is 1. The van der Waals surface area contributed by atoms with Gasteiger partial charge in [-0.05, 0) is 50.6 Å². The monoisotopic (exact) mass is 288 g/mol. The fourth-order valence-corrected chi connectivity index (χ4v) is 1.95. The number of nitrogens with zero attached hydrogens (tertiary/aromatic N) is 1. The average molecular weight is 288 g/mol. The molecule has 0 amide bonds. The van der Waals surface area contributed by atoms with Gasteiger partial charge in [-0.3, -0.25) is 4.98 Å². The number of halogens is 1. The van der Waals surface area contributed by atoms with E-state index in [2.05, 4.69) is 24.1 Å². The molecule has 1 aromatic carbocycles. The van der Waals surface area contributed by atoms with Gasteiger partial charge in [0.25, 0.3) is 0 Å². The van der Waals surface area contributed by atoms with Crippen LogP contribution in [0.4, 0.5) is 4.39 Å². The van der Waals surface area contributed by atoms with Crippen molar-refractivity contribution >= 4 is 0 Å². The zero-order valence-electron chi connectivity index (χ0n) is 12.7. The zero-order valence-corrected chi connectivity index (χ0v) is 12.7. The lowest BCUT2D eigenvalue weighted by molar-refractivity contribution is 0.471. The molecule has 0 saturated carbocycles. The molecule has 3 nitrogen and oxygen atoms in total. The van der Waals surface area contributed by atoms with Crippen molar-refractivity contribution in [1.29, 1.82) is 0 Å². The predicted octanol–water partition coefficient (Wildman–Crippen LogP) is 4.38. The van der Waals surface area contributed by atoms with Gasteiger partial charge in [-0.1, -0.05) is 13.0 Å². The van der Waals surface area contributed by atoms with Crippen LogP contribution >= 0.6 is 0 Å². The normalized spacial score (nSPS) is 12.2. The topological polar surface area (TPSA) is 34.1 Å². The first-order valence-electron chi connectivity index (χ1n) is 7.23. The molecule has 1 heterocycles. The van der Waals surface area contributed by atoms with E-state index in [-0.39, 0.29) is 11.9 Å². The Labute approximate surface area is 125 Å². The largest absolute Gasteiger partial charge is 0.456 e. The Morgan fingerprint density at radius 1 is 1.24 bits per heavy atom. The van der Waals surface area contributed by atoms with Crippen LogP contribution in [0.15, 0.2) is 36.5 Å². The van der Waals surface area contributed by atoms with Crippen molar-refractivity contribution in [2.24, 2.45) is 0 Å². The first-order chi connectivity index (χ1) is 10.1. The predicted molar refractivity (Wildman–Crippen MR) is 82.2 cm³/mol. The molecular formula is C17H21FN2O. The molecule has 0 radical (unpaired) electrons. The highest BCUT2D eigenvalue weighted by Gasteiger charge is 2.07. The third-order valence-corrected chi connectivity index (χ3v) is 3.28. The molecule has 21 heavy (non-hydrogen) atoms. The summed E-state index contributed by atoms with van der Waals surface area (Å²) in [5.74, 6) is 0.809. The Kier molecular flexibility index (Phi) is 5.28. The standard InChI is InChI=1S/C17H21FN2O/c1-4-9-19-13(3)17-8-7-15(11-20-17)21-14-6-5-12(2)16(18)10-14/h5-8,10-11,13,19H,4,9H2,1-3H3. The van der Waals surface area contributed by atoms with E-state index in [0.717, 1.165) is 18.7 Å². The summed E-state index contributed by atoms with van der Waals surface area (Å²) in [6.45, 7) is 6.89. The molecule has 0 aliphatic carbocycles. The molecule has 0 fully saturated rings. The average Bonchev–Trinajstić information content (AvgIpc) is 2.49. The van der Waals surface area contributed by atoms with Crippen molar-refractivity contribution in [1.82, 2.24) is 10.3 Å². The Hall–Kier alpha value is -1.94. The smallest absolute Gasteiger partial charge is 0.145 e. The summed E-state index contributed by atoms with van der Waals surface area (Å²) in [5.41, 5.74) is 1.57. The Morgan fingerprint density at radius 3 is 2.62 bits per heavy atom. The van der Waals surface area contributed by atoms with Gasteiger partial charge in [0.2, 0.25) is 0 Å². The SMILES string of the molecule is CCCNC(C)c1ccc(Oc2ccc(C)c(F)c2)cn1. The summed E-state index contributed by atoms with van der Waals surface area (Å²) in [4.78, 5) is 4.39. The number of pyridine rings is 1. The number of rotatable bonds is 6. The molecule has 4 heteroatoms. The number of hydrogen-bond acceptors (Lipinski definition) is 3. The van der Waals surface area contributed by atoms with Crippen LogP contribution in [0.3, 0.4) is 0 Å². The van der Waals surface area contributed by atoms with Crippen molar-refractivity contribution in [3.8, 4) is 11.5 Å². The van der Waals surface area contributed by atoms with Crippen molar-refractivity contribution in [3.63, 3.8) is 0 Å². The summed E-state index contributed by atoms with van der Waals surface area (Å²) in [6.07, 6.45) is 2.75. The van der Waals surface area contributed by atoms with Crippen molar-refractivity contribution in [2.75, 3.05) is 6.54 Å². The lowest BCUT2D eigenvalue weighted by atomic mass is 10.2. The number of hydrogen-bond donors (Lipinski definition) is 1. The van der Waals surface area contributed by atoms with E-state index in [1.165, 1.54) is 6.07 Å². The molecular weight excluding hydrogens is 267 g/mol. The first-order valence-corrected chi connectivity index (χ1v) is 7.23. The van der Waals surface area contributed by atoms with E-state index < -0.39 is 0 Å². The fourth-order valence-electron chi connectivity index (χ4n) is 1.95. The molecule has 0 aliphatic heterocycles. The number of ether oxygens (including phenoxy) is 1. The molecule has 0 aliphatic rings. The van der Waals surface area contributed by atoms with Crippen LogP contribution in [-0.4, -0.2) is 11.5 Å². The van der Waals surface area contributed by atoms with Gasteiger partial charge < -0.3 is 10.1 Å². The van der Waals surface area contributed by atoms with Crippen molar-refractivity contribution < 1.29 is 9.13 Å². The summed E-state index contributed by atoms with van der Waals surface area (Å²) in [5, 5.41) is 3.38. The highest BCUT2D eigenvalue weighted by molar-refractivity contribution is 5.33.